The number of hydrogen-bond acceptors (Lipinski definition) is 7. The Morgan fingerprint density at radius 1 is 1.00 bits per heavy atom. The van der Waals surface area contributed by atoms with Crippen molar-refractivity contribution in [3.63, 3.8) is 0 Å². The van der Waals surface area contributed by atoms with Crippen molar-refractivity contribution in [3.05, 3.63) is 66.1 Å². The molecule has 0 fully saturated rings. The van der Waals surface area contributed by atoms with Crippen molar-refractivity contribution in [3.8, 4) is 28.8 Å². The molecule has 0 atom stereocenters. The topological polar surface area (TPSA) is 114 Å². The molecule has 0 radical (unpaired) electrons. The molecule has 154 valence electrons. The molecule has 0 aliphatic heterocycles. The van der Waals surface area contributed by atoms with E-state index in [1.807, 2.05) is 0 Å². The third-order valence-electron chi connectivity index (χ3n) is 3.76. The number of benzene rings is 2. The third-order valence-corrected chi connectivity index (χ3v) is 3.76. The van der Waals surface area contributed by atoms with E-state index in [9.17, 15) is 14.0 Å². The zero-order valence-corrected chi connectivity index (χ0v) is 16.0. The molecule has 0 saturated heterocycles. The molecule has 0 unspecified atom stereocenters. The number of esters is 1. The lowest BCUT2D eigenvalue weighted by atomic mass is 10.2. The molecule has 8 nitrogen and oxygen atoms in total. The molecule has 1 aromatic heterocycles. The fourth-order valence-corrected chi connectivity index (χ4v) is 2.40. The highest BCUT2D eigenvalue weighted by molar-refractivity contribution is 5.91. The van der Waals surface area contributed by atoms with Crippen molar-refractivity contribution < 1.29 is 28.2 Å². The van der Waals surface area contributed by atoms with Crippen LogP contribution >= 0.6 is 0 Å². The van der Waals surface area contributed by atoms with Crippen LogP contribution in [0.25, 0.3) is 11.4 Å². The molecular weight excluding hydrogens is 393 g/mol. The molecular formula is C21H18FN3O5. The standard InChI is InChI=1S/C21H18FN3O5/c1-2-28-19(26)12-29-18-11-17(20(23)27)24-21(25-18)13-3-7-15(8-4-13)30-16-9-5-14(22)6-10-16/h3-11H,2,12H2,1H3,(H2,23,27). The lowest BCUT2D eigenvalue weighted by Gasteiger charge is -2.09. The number of ether oxygens (including phenoxy) is 3. The van der Waals surface area contributed by atoms with Gasteiger partial charge in [-0.2, -0.15) is 4.98 Å². The van der Waals surface area contributed by atoms with Gasteiger partial charge in [-0.15, -0.1) is 0 Å². The third kappa shape index (κ3) is 5.51. The number of primary amides is 1. The summed E-state index contributed by atoms with van der Waals surface area (Å²) in [5.74, 6) is -0.519. The van der Waals surface area contributed by atoms with Gasteiger partial charge in [-0.3, -0.25) is 4.79 Å². The van der Waals surface area contributed by atoms with Gasteiger partial charge in [0.05, 0.1) is 6.61 Å². The summed E-state index contributed by atoms with van der Waals surface area (Å²) >= 11 is 0. The van der Waals surface area contributed by atoms with Crippen LogP contribution in [0, 0.1) is 5.82 Å². The van der Waals surface area contributed by atoms with E-state index in [0.29, 0.717) is 17.1 Å². The van der Waals surface area contributed by atoms with E-state index in [1.54, 1.807) is 31.2 Å². The van der Waals surface area contributed by atoms with E-state index in [2.05, 4.69) is 9.97 Å². The van der Waals surface area contributed by atoms with E-state index >= 15 is 0 Å². The second-order valence-electron chi connectivity index (χ2n) is 5.95. The summed E-state index contributed by atoms with van der Waals surface area (Å²) in [5.41, 5.74) is 5.83. The Hall–Kier alpha value is -4.01. The van der Waals surface area contributed by atoms with Crippen LogP contribution in [0.3, 0.4) is 0 Å². The highest BCUT2D eigenvalue weighted by Crippen LogP contribution is 2.25. The maximum atomic E-state index is 13.0. The van der Waals surface area contributed by atoms with Gasteiger partial charge in [-0.1, -0.05) is 0 Å². The summed E-state index contributed by atoms with van der Waals surface area (Å²) in [4.78, 5) is 31.4. The normalized spacial score (nSPS) is 10.3. The van der Waals surface area contributed by atoms with Gasteiger partial charge in [0.2, 0.25) is 5.88 Å². The van der Waals surface area contributed by atoms with Gasteiger partial charge < -0.3 is 19.9 Å². The van der Waals surface area contributed by atoms with Gasteiger partial charge in [0.25, 0.3) is 5.91 Å². The minimum absolute atomic E-state index is 0.00786. The van der Waals surface area contributed by atoms with Crippen LogP contribution < -0.4 is 15.2 Å². The van der Waals surface area contributed by atoms with Crippen molar-refractivity contribution in [2.75, 3.05) is 13.2 Å². The summed E-state index contributed by atoms with van der Waals surface area (Å²) in [6.45, 7) is 1.53. The number of rotatable bonds is 8. The van der Waals surface area contributed by atoms with Crippen molar-refractivity contribution in [1.82, 2.24) is 9.97 Å². The predicted octanol–water partition coefficient (Wildman–Crippen LogP) is 3.12. The first kappa shape index (κ1) is 20.7. The summed E-state index contributed by atoms with van der Waals surface area (Å²) in [6, 6.07) is 13.5. The fourth-order valence-electron chi connectivity index (χ4n) is 2.40. The Morgan fingerprint density at radius 3 is 2.23 bits per heavy atom. The Bertz CT molecular complexity index is 1040. The van der Waals surface area contributed by atoms with Crippen molar-refractivity contribution in [1.29, 1.82) is 0 Å². The molecule has 9 heteroatoms. The molecule has 0 aliphatic rings. The monoisotopic (exact) mass is 411 g/mol. The fraction of sp³-hybridized carbons (Fsp3) is 0.143. The second-order valence-corrected chi connectivity index (χ2v) is 5.95. The quantitative estimate of drug-likeness (QED) is 0.567. The summed E-state index contributed by atoms with van der Waals surface area (Å²) < 4.78 is 28.7. The van der Waals surface area contributed by atoms with Crippen LogP contribution in [0.2, 0.25) is 0 Å². The number of hydrogen-bond donors (Lipinski definition) is 1. The number of carbonyl (C=O) groups is 2. The average molecular weight is 411 g/mol. The zero-order valence-electron chi connectivity index (χ0n) is 16.0. The summed E-state index contributed by atoms with van der Waals surface area (Å²) in [7, 11) is 0. The minimum atomic E-state index is -0.768. The predicted molar refractivity (Wildman–Crippen MR) is 105 cm³/mol. The second kappa shape index (κ2) is 9.46. The Balaban J connectivity index is 1.80. The van der Waals surface area contributed by atoms with Crippen LogP contribution in [-0.4, -0.2) is 35.1 Å². The van der Waals surface area contributed by atoms with Crippen LogP contribution in [-0.2, 0) is 9.53 Å². The first-order valence-corrected chi connectivity index (χ1v) is 8.95. The minimum Gasteiger partial charge on any atom is -0.466 e. The molecule has 0 bridgehead atoms. The van der Waals surface area contributed by atoms with Crippen LogP contribution in [0.1, 0.15) is 17.4 Å². The van der Waals surface area contributed by atoms with Gasteiger partial charge in [0, 0.05) is 11.6 Å². The number of amides is 1. The highest BCUT2D eigenvalue weighted by atomic mass is 19.1. The molecule has 2 aromatic carbocycles. The van der Waals surface area contributed by atoms with Gasteiger partial charge in [0.15, 0.2) is 12.4 Å². The molecule has 0 aliphatic carbocycles. The number of aromatic nitrogens is 2. The van der Waals surface area contributed by atoms with Crippen LogP contribution in [0.5, 0.6) is 17.4 Å². The van der Waals surface area contributed by atoms with E-state index < -0.39 is 11.9 Å². The molecule has 3 rings (SSSR count). The van der Waals surface area contributed by atoms with Gasteiger partial charge >= 0.3 is 5.97 Å². The lowest BCUT2D eigenvalue weighted by Crippen LogP contribution is -2.17. The van der Waals surface area contributed by atoms with E-state index in [1.165, 1.54) is 30.3 Å². The van der Waals surface area contributed by atoms with Crippen LogP contribution in [0.4, 0.5) is 4.39 Å². The molecule has 0 saturated carbocycles. The van der Waals surface area contributed by atoms with Crippen molar-refractivity contribution >= 4 is 11.9 Å². The Kier molecular flexibility index (Phi) is 6.53. The molecule has 30 heavy (non-hydrogen) atoms. The van der Waals surface area contributed by atoms with Gasteiger partial charge in [0.1, 0.15) is 23.0 Å². The maximum Gasteiger partial charge on any atom is 0.344 e. The van der Waals surface area contributed by atoms with E-state index in [4.69, 9.17) is 19.9 Å². The number of nitrogens with zero attached hydrogens (tertiary/aromatic N) is 2. The number of halogens is 1. The SMILES string of the molecule is CCOC(=O)COc1cc(C(N)=O)nc(-c2ccc(Oc3ccc(F)cc3)cc2)n1. The highest BCUT2D eigenvalue weighted by Gasteiger charge is 2.13. The smallest absolute Gasteiger partial charge is 0.344 e. The molecule has 2 N–H and O–H groups in total. The average Bonchev–Trinajstić information content (AvgIpc) is 2.74. The Morgan fingerprint density at radius 2 is 1.63 bits per heavy atom. The first-order valence-electron chi connectivity index (χ1n) is 8.95. The lowest BCUT2D eigenvalue weighted by molar-refractivity contribution is -0.145. The van der Waals surface area contributed by atoms with Gasteiger partial charge in [-0.05, 0) is 55.5 Å². The molecule has 3 aromatic rings. The zero-order chi connectivity index (χ0) is 21.5. The van der Waals surface area contributed by atoms with E-state index in [-0.39, 0.29) is 36.4 Å². The maximum absolute atomic E-state index is 13.0. The summed E-state index contributed by atoms with van der Waals surface area (Å²) in [6.07, 6.45) is 0. The first-order chi connectivity index (χ1) is 14.4. The van der Waals surface area contributed by atoms with E-state index in [0.717, 1.165) is 0 Å². The molecule has 1 heterocycles. The number of nitrogens with two attached hydrogens (primary N) is 1. The van der Waals surface area contributed by atoms with Gasteiger partial charge in [-0.25, -0.2) is 14.2 Å². The molecule has 1 amide bonds. The van der Waals surface area contributed by atoms with Crippen LogP contribution in [0.15, 0.2) is 54.6 Å². The molecule has 0 spiro atoms. The van der Waals surface area contributed by atoms with Crippen molar-refractivity contribution in [2.45, 2.75) is 6.92 Å². The van der Waals surface area contributed by atoms with Crippen molar-refractivity contribution in [2.24, 2.45) is 5.73 Å². The number of carbonyl (C=O) groups excluding carboxylic acids is 2. The summed E-state index contributed by atoms with van der Waals surface area (Å²) in [5, 5.41) is 0. The largest absolute Gasteiger partial charge is 0.466 e. The Labute approximate surface area is 171 Å².